The van der Waals surface area contributed by atoms with Crippen molar-refractivity contribution in [1.82, 2.24) is 10.1 Å². The summed E-state index contributed by atoms with van der Waals surface area (Å²) in [7, 11) is -3.76. The van der Waals surface area contributed by atoms with Crippen LogP contribution in [0.3, 0.4) is 0 Å². The summed E-state index contributed by atoms with van der Waals surface area (Å²) in [6.45, 7) is 4.41. The van der Waals surface area contributed by atoms with Crippen molar-refractivity contribution in [3.8, 4) is 11.4 Å². The van der Waals surface area contributed by atoms with Crippen LogP contribution >= 0.6 is 11.3 Å². The standard InChI is InChI=1S/C21H21N3O4S2/c1-3-4-13-24(20-14(2)17-7-5-6-8-18(17)29-20)30(26,27)16-11-9-15(10-12-16)19-22-21(25)28-23-19/h5-12H,3-4,13H2,1-2H3,(H,22,23,25). The molecule has 2 aromatic heterocycles. The fourth-order valence-corrected chi connectivity index (χ4v) is 6.31. The molecule has 0 aliphatic heterocycles. The molecule has 2 aromatic carbocycles. The van der Waals surface area contributed by atoms with Crippen molar-refractivity contribution in [3.05, 3.63) is 64.6 Å². The fraction of sp³-hybridized carbons (Fsp3) is 0.238. The van der Waals surface area contributed by atoms with Crippen molar-refractivity contribution < 1.29 is 12.9 Å². The molecule has 0 saturated heterocycles. The number of aryl methyl sites for hydroxylation is 1. The summed E-state index contributed by atoms with van der Waals surface area (Å²) >= 11 is 1.49. The van der Waals surface area contributed by atoms with Crippen LogP contribution in [0, 0.1) is 6.92 Å². The highest BCUT2D eigenvalue weighted by atomic mass is 32.2. The van der Waals surface area contributed by atoms with Gasteiger partial charge in [-0.25, -0.2) is 13.2 Å². The van der Waals surface area contributed by atoms with Crippen molar-refractivity contribution >= 4 is 36.4 Å². The first-order chi connectivity index (χ1) is 14.4. The summed E-state index contributed by atoms with van der Waals surface area (Å²) < 4.78 is 34.2. The highest BCUT2D eigenvalue weighted by Gasteiger charge is 2.28. The Morgan fingerprint density at radius 3 is 2.50 bits per heavy atom. The Morgan fingerprint density at radius 1 is 1.13 bits per heavy atom. The second kappa shape index (κ2) is 8.08. The number of thiophene rings is 1. The molecule has 30 heavy (non-hydrogen) atoms. The van der Waals surface area contributed by atoms with Gasteiger partial charge in [0.05, 0.1) is 4.90 Å². The maximum absolute atomic E-state index is 13.6. The van der Waals surface area contributed by atoms with Crippen LogP contribution in [0.5, 0.6) is 0 Å². The number of nitrogens with zero attached hydrogens (tertiary/aromatic N) is 2. The van der Waals surface area contributed by atoms with E-state index in [1.807, 2.05) is 38.1 Å². The summed E-state index contributed by atoms with van der Waals surface area (Å²) in [5.74, 6) is -0.403. The Kier molecular flexibility index (Phi) is 5.48. The molecule has 9 heteroatoms. The zero-order chi connectivity index (χ0) is 21.3. The van der Waals surface area contributed by atoms with Gasteiger partial charge in [-0.05, 0) is 54.6 Å². The minimum atomic E-state index is -3.76. The van der Waals surface area contributed by atoms with E-state index in [0.717, 1.165) is 33.5 Å². The molecule has 0 saturated carbocycles. The van der Waals surface area contributed by atoms with Gasteiger partial charge in [0.15, 0.2) is 5.82 Å². The van der Waals surface area contributed by atoms with E-state index in [0.29, 0.717) is 12.1 Å². The van der Waals surface area contributed by atoms with Crippen molar-refractivity contribution in [2.75, 3.05) is 10.8 Å². The van der Waals surface area contributed by atoms with Crippen LogP contribution in [0.1, 0.15) is 25.3 Å². The summed E-state index contributed by atoms with van der Waals surface area (Å²) in [4.78, 5) is 13.8. The molecule has 4 aromatic rings. The predicted molar refractivity (Wildman–Crippen MR) is 119 cm³/mol. The van der Waals surface area contributed by atoms with Gasteiger partial charge in [-0.2, -0.15) is 0 Å². The van der Waals surface area contributed by atoms with Crippen LogP contribution in [0.15, 0.2) is 62.7 Å². The summed E-state index contributed by atoms with van der Waals surface area (Å²) in [5, 5.41) is 5.45. The predicted octanol–water partition coefficient (Wildman–Crippen LogP) is 4.55. The molecule has 0 unspecified atom stereocenters. The van der Waals surface area contributed by atoms with Crippen molar-refractivity contribution in [2.24, 2.45) is 0 Å². The molecule has 0 fully saturated rings. The quantitative estimate of drug-likeness (QED) is 0.452. The lowest BCUT2D eigenvalue weighted by Gasteiger charge is -2.24. The van der Waals surface area contributed by atoms with Gasteiger partial charge in [0, 0.05) is 16.8 Å². The van der Waals surface area contributed by atoms with Gasteiger partial charge in [0.1, 0.15) is 5.00 Å². The zero-order valence-corrected chi connectivity index (χ0v) is 18.2. The maximum Gasteiger partial charge on any atom is 0.439 e. The first-order valence-corrected chi connectivity index (χ1v) is 11.8. The second-order valence-electron chi connectivity index (χ2n) is 6.93. The van der Waals surface area contributed by atoms with Gasteiger partial charge < -0.3 is 0 Å². The lowest BCUT2D eigenvalue weighted by atomic mass is 10.2. The second-order valence-corrected chi connectivity index (χ2v) is 9.82. The van der Waals surface area contributed by atoms with E-state index in [2.05, 4.69) is 14.7 Å². The Hall–Kier alpha value is -2.91. The number of nitrogens with one attached hydrogen (secondary N) is 1. The SMILES string of the molecule is CCCCN(c1sc2ccccc2c1C)S(=O)(=O)c1ccc(-c2noc(=O)[nH]2)cc1. The number of anilines is 1. The molecule has 7 nitrogen and oxygen atoms in total. The minimum Gasteiger partial charge on any atom is -0.296 e. The molecule has 0 radical (unpaired) electrons. The number of H-pyrrole nitrogens is 1. The highest BCUT2D eigenvalue weighted by molar-refractivity contribution is 7.93. The molecule has 156 valence electrons. The Morgan fingerprint density at radius 2 is 1.87 bits per heavy atom. The number of hydrogen-bond donors (Lipinski definition) is 1. The van der Waals surface area contributed by atoms with Crippen molar-refractivity contribution in [3.63, 3.8) is 0 Å². The third kappa shape index (κ3) is 3.66. The summed E-state index contributed by atoms with van der Waals surface area (Å²) in [6, 6.07) is 14.2. The zero-order valence-electron chi connectivity index (χ0n) is 16.6. The third-order valence-corrected chi connectivity index (χ3v) is 8.14. The first kappa shape index (κ1) is 20.4. The molecule has 2 heterocycles. The van der Waals surface area contributed by atoms with Crippen molar-refractivity contribution in [1.29, 1.82) is 0 Å². The van der Waals surface area contributed by atoms with Crippen LogP contribution in [-0.4, -0.2) is 25.1 Å². The summed E-state index contributed by atoms with van der Waals surface area (Å²) in [5.41, 5.74) is 1.53. The Balaban J connectivity index is 1.76. The molecule has 0 atom stereocenters. The van der Waals surface area contributed by atoms with Gasteiger partial charge in [-0.3, -0.25) is 13.8 Å². The van der Waals surface area contributed by atoms with E-state index in [-0.39, 0.29) is 10.7 Å². The monoisotopic (exact) mass is 443 g/mol. The lowest BCUT2D eigenvalue weighted by molar-refractivity contribution is 0.388. The number of benzene rings is 2. The molecule has 1 N–H and O–H groups in total. The van der Waals surface area contributed by atoms with Crippen molar-refractivity contribution in [2.45, 2.75) is 31.6 Å². The number of unbranched alkanes of at least 4 members (excludes halogenated alkanes) is 1. The smallest absolute Gasteiger partial charge is 0.296 e. The van der Waals surface area contributed by atoms with Gasteiger partial charge in [-0.15, -0.1) is 11.3 Å². The lowest BCUT2D eigenvalue weighted by Crippen LogP contribution is -2.31. The average molecular weight is 444 g/mol. The first-order valence-electron chi connectivity index (χ1n) is 9.59. The number of fused-ring (bicyclic) bond motifs is 1. The van der Waals surface area contributed by atoms with E-state index in [1.54, 1.807) is 12.1 Å². The van der Waals surface area contributed by atoms with E-state index >= 15 is 0 Å². The molecule has 0 aliphatic carbocycles. The minimum absolute atomic E-state index is 0.185. The Labute approximate surface area is 178 Å². The van der Waals surface area contributed by atoms with E-state index in [4.69, 9.17) is 0 Å². The average Bonchev–Trinajstić information content (AvgIpc) is 3.32. The highest BCUT2D eigenvalue weighted by Crippen LogP contribution is 2.40. The third-order valence-electron chi connectivity index (χ3n) is 4.92. The maximum atomic E-state index is 13.6. The van der Waals surface area contributed by atoms with Crippen LogP contribution in [0.2, 0.25) is 0 Å². The normalized spacial score (nSPS) is 11.8. The number of sulfonamides is 1. The van der Waals surface area contributed by atoms with Gasteiger partial charge in [0.25, 0.3) is 10.0 Å². The van der Waals surface area contributed by atoms with E-state index < -0.39 is 15.8 Å². The molecular weight excluding hydrogens is 422 g/mol. The van der Waals surface area contributed by atoms with E-state index in [1.165, 1.54) is 27.8 Å². The molecule has 0 spiro atoms. The van der Waals surface area contributed by atoms with Gasteiger partial charge in [0.2, 0.25) is 0 Å². The topological polar surface area (TPSA) is 96.3 Å². The van der Waals surface area contributed by atoms with E-state index in [9.17, 15) is 13.2 Å². The fourth-order valence-electron chi connectivity index (χ4n) is 3.30. The Bertz CT molecular complexity index is 1330. The summed E-state index contributed by atoms with van der Waals surface area (Å²) in [6.07, 6.45) is 1.64. The van der Waals surface area contributed by atoms with Crippen LogP contribution in [0.4, 0.5) is 5.00 Å². The van der Waals surface area contributed by atoms with Gasteiger partial charge in [-0.1, -0.05) is 36.7 Å². The number of rotatable bonds is 7. The molecule has 0 aliphatic rings. The molecule has 0 bridgehead atoms. The van der Waals surface area contributed by atoms with Gasteiger partial charge >= 0.3 is 5.76 Å². The van der Waals surface area contributed by atoms with Crippen LogP contribution in [-0.2, 0) is 10.0 Å². The van der Waals surface area contributed by atoms with Crippen LogP contribution < -0.4 is 10.1 Å². The number of aromatic amines is 1. The molecule has 0 amide bonds. The van der Waals surface area contributed by atoms with Crippen LogP contribution in [0.25, 0.3) is 21.5 Å². The number of aromatic nitrogens is 2. The number of hydrogen-bond acceptors (Lipinski definition) is 6. The molecular formula is C21H21N3O4S2. The molecule has 4 rings (SSSR count). The largest absolute Gasteiger partial charge is 0.439 e.